The molecule has 11 heteroatoms. The third-order valence-electron chi connectivity index (χ3n) is 5.86. The maximum atomic E-state index is 8.94. The van der Waals surface area contributed by atoms with Crippen molar-refractivity contribution < 1.29 is 9.47 Å². The van der Waals surface area contributed by atoms with E-state index >= 15 is 0 Å². The minimum absolute atomic E-state index is 0.133. The Bertz CT molecular complexity index is 1390. The lowest BCUT2D eigenvalue weighted by molar-refractivity contribution is 0.237. The number of aromatic amines is 1. The van der Waals surface area contributed by atoms with E-state index in [-0.39, 0.29) is 12.5 Å². The molecule has 2 bridgehead atoms. The molecule has 0 saturated carbocycles. The molecule has 1 aliphatic heterocycles. The molecule has 0 saturated heterocycles. The Morgan fingerprint density at radius 2 is 2.11 bits per heavy atom. The lowest BCUT2D eigenvalue weighted by Gasteiger charge is -2.19. The summed E-state index contributed by atoms with van der Waals surface area (Å²) < 4.78 is 13.4. The number of nitrogens with two attached hydrogens (primary N) is 1. The number of H-pyrrole nitrogens is 1. The normalized spacial score (nSPS) is 18.5. The zero-order valence-corrected chi connectivity index (χ0v) is 20.6. The van der Waals surface area contributed by atoms with Crippen LogP contribution in [-0.4, -0.2) is 76.0 Å². The highest BCUT2D eigenvalue weighted by Gasteiger charge is 2.21. The van der Waals surface area contributed by atoms with Gasteiger partial charge in [0, 0.05) is 32.6 Å². The summed E-state index contributed by atoms with van der Waals surface area (Å²) in [5.41, 5.74) is 12.3. The molecular weight excluding hydrogens is 446 g/mol. The molecule has 3 N–H and O–H groups in total. The lowest BCUT2D eigenvalue weighted by atomic mass is 10.1. The average Bonchev–Trinajstić information content (AvgIpc) is 3.36. The van der Waals surface area contributed by atoms with Gasteiger partial charge in [-0.2, -0.15) is 15.5 Å². The second kappa shape index (κ2) is 9.99. The van der Waals surface area contributed by atoms with E-state index in [2.05, 4.69) is 25.2 Å². The molecule has 11 nitrogen and oxygen atoms in total. The van der Waals surface area contributed by atoms with Crippen molar-refractivity contribution >= 4 is 22.7 Å². The van der Waals surface area contributed by atoms with Crippen LogP contribution in [0.4, 0.5) is 0 Å². The van der Waals surface area contributed by atoms with Crippen LogP contribution in [0.5, 0.6) is 5.88 Å². The maximum absolute atomic E-state index is 8.94. The molecule has 4 heterocycles. The average molecular weight is 476 g/mol. The van der Waals surface area contributed by atoms with E-state index in [0.29, 0.717) is 36.9 Å². The van der Waals surface area contributed by atoms with Gasteiger partial charge in [-0.3, -0.25) is 20.0 Å². The predicted octanol–water partition coefficient (Wildman–Crippen LogP) is 2.09. The Hall–Kier alpha value is -4.17. The van der Waals surface area contributed by atoms with Crippen LogP contribution in [-0.2, 0) is 11.8 Å². The fourth-order valence-corrected chi connectivity index (χ4v) is 4.13. The number of hydrogen-bond donors (Lipinski definition) is 2. The van der Waals surface area contributed by atoms with Crippen LogP contribution < -0.4 is 10.5 Å². The van der Waals surface area contributed by atoms with Crippen molar-refractivity contribution in [3.8, 4) is 23.2 Å². The molecule has 35 heavy (non-hydrogen) atoms. The van der Waals surface area contributed by atoms with Crippen LogP contribution in [0.3, 0.4) is 0 Å². The monoisotopic (exact) mass is 475 g/mol. The molecule has 0 aliphatic carbocycles. The number of aromatic nitrogens is 5. The molecule has 182 valence electrons. The number of hydrogen-bond acceptors (Lipinski definition) is 9. The van der Waals surface area contributed by atoms with Crippen molar-refractivity contribution in [2.75, 3.05) is 40.4 Å². The molecule has 0 atom stereocenters. The molecule has 0 amide bonds. The Balaban J connectivity index is 1.92. The minimum Gasteiger partial charge on any atom is -0.476 e. The van der Waals surface area contributed by atoms with E-state index < -0.39 is 0 Å². The number of rotatable bonds is 2. The smallest absolute Gasteiger partial charge is 0.221 e. The Morgan fingerprint density at radius 3 is 2.86 bits per heavy atom. The van der Waals surface area contributed by atoms with Crippen LogP contribution in [0.2, 0.25) is 0 Å². The van der Waals surface area contributed by atoms with Gasteiger partial charge >= 0.3 is 0 Å². The topological polar surface area (TPSA) is 143 Å². The lowest BCUT2D eigenvalue weighted by Crippen LogP contribution is -2.31. The number of pyridine rings is 1. The van der Waals surface area contributed by atoms with Crippen LogP contribution in [0.15, 0.2) is 28.6 Å². The van der Waals surface area contributed by atoms with Gasteiger partial charge in [0.1, 0.15) is 18.2 Å². The molecule has 3 aromatic heterocycles. The van der Waals surface area contributed by atoms with Crippen molar-refractivity contribution in [3.05, 3.63) is 40.7 Å². The Kier molecular flexibility index (Phi) is 6.84. The number of ether oxygens (including phenoxy) is 2. The summed E-state index contributed by atoms with van der Waals surface area (Å²) in [7, 11) is 5.54. The van der Waals surface area contributed by atoms with Gasteiger partial charge in [-0.25, -0.2) is 4.68 Å². The summed E-state index contributed by atoms with van der Waals surface area (Å²) in [6.07, 6.45) is 3.72. The summed E-state index contributed by atoms with van der Waals surface area (Å²) in [6, 6.07) is 3.94. The van der Waals surface area contributed by atoms with Crippen molar-refractivity contribution in [2.45, 2.75) is 13.8 Å². The first-order valence-electron chi connectivity index (χ1n) is 11.2. The number of fused-ring (bicyclic) bond motifs is 3. The molecular formula is C24H29N9O2. The number of likely N-dealkylation sites (N-methyl/N-ethyl adjacent to an activating group) is 1. The Morgan fingerprint density at radius 1 is 1.31 bits per heavy atom. The van der Waals surface area contributed by atoms with E-state index in [0.717, 1.165) is 39.2 Å². The van der Waals surface area contributed by atoms with Crippen LogP contribution in [0.1, 0.15) is 17.1 Å². The number of aryl methyl sites for hydroxylation is 3. The van der Waals surface area contributed by atoms with Gasteiger partial charge in [0.25, 0.3) is 0 Å². The molecule has 0 aromatic carbocycles. The quantitative estimate of drug-likeness (QED) is 0.536. The largest absolute Gasteiger partial charge is 0.476 e. The number of aliphatic imine (C=N–C) groups is 1. The molecule has 1 aliphatic rings. The standard InChI is InChI=1S/C24H29N9O2/c1-14-21-19-12-17-18(29-30-22(17)15(2)28-19)7-6-16(23(26)34-10-8-25)20(27-3)13-32(4)9-11-35-24(21)33(5)31-14/h6-7,12H,9-11,13,26H2,1-5H3,(H,29,30)/b7-6+,23-16+,27-20?. The summed E-state index contributed by atoms with van der Waals surface area (Å²) in [6.45, 7) is 5.29. The van der Waals surface area contributed by atoms with E-state index in [1.807, 2.05) is 52.2 Å². The maximum Gasteiger partial charge on any atom is 0.221 e. The highest BCUT2D eigenvalue weighted by molar-refractivity contribution is 6.05. The molecule has 3 aromatic rings. The third-order valence-corrected chi connectivity index (χ3v) is 5.86. The SMILES string of the molecule is CN=C1CN(C)CCOc2c(c(C)nn2C)-c2cc3c([nH]nc3c(C)n2)/C=C/C1=C(/N)OCC#N. The van der Waals surface area contributed by atoms with Gasteiger partial charge in [0.15, 0.2) is 12.5 Å². The van der Waals surface area contributed by atoms with E-state index in [1.165, 1.54) is 0 Å². The van der Waals surface area contributed by atoms with Gasteiger partial charge in [0.05, 0.1) is 39.6 Å². The summed E-state index contributed by atoms with van der Waals surface area (Å²) >= 11 is 0. The van der Waals surface area contributed by atoms with Gasteiger partial charge in [-0.1, -0.05) is 0 Å². The van der Waals surface area contributed by atoms with E-state index in [9.17, 15) is 0 Å². The summed E-state index contributed by atoms with van der Waals surface area (Å²) in [4.78, 5) is 11.3. The number of nitrogens with zero attached hydrogens (tertiary/aromatic N) is 7. The fraction of sp³-hybridized carbons (Fsp3) is 0.375. The van der Waals surface area contributed by atoms with E-state index in [4.69, 9.17) is 25.5 Å². The van der Waals surface area contributed by atoms with E-state index in [1.54, 1.807) is 11.7 Å². The highest BCUT2D eigenvalue weighted by Crippen LogP contribution is 2.34. The third kappa shape index (κ3) is 4.74. The van der Waals surface area contributed by atoms with Gasteiger partial charge < -0.3 is 15.2 Å². The molecule has 0 fully saturated rings. The second-order valence-electron chi connectivity index (χ2n) is 8.33. The van der Waals surface area contributed by atoms with Crippen molar-refractivity contribution in [1.29, 1.82) is 5.26 Å². The first-order chi connectivity index (χ1) is 16.8. The second-order valence-corrected chi connectivity index (χ2v) is 8.33. The zero-order valence-electron chi connectivity index (χ0n) is 20.6. The van der Waals surface area contributed by atoms with Crippen LogP contribution in [0.25, 0.3) is 28.2 Å². The molecule has 0 radical (unpaired) electrons. The first kappa shape index (κ1) is 24.0. The number of nitriles is 1. The van der Waals surface area contributed by atoms with Crippen LogP contribution in [0, 0.1) is 25.2 Å². The molecule has 4 rings (SSSR count). The van der Waals surface area contributed by atoms with Gasteiger partial charge in [-0.05, 0) is 39.1 Å². The van der Waals surface area contributed by atoms with Gasteiger partial charge in [-0.15, -0.1) is 0 Å². The predicted molar refractivity (Wildman–Crippen MR) is 134 cm³/mol. The van der Waals surface area contributed by atoms with Crippen molar-refractivity contribution in [1.82, 2.24) is 29.9 Å². The fourth-order valence-electron chi connectivity index (χ4n) is 4.13. The zero-order chi connectivity index (χ0) is 25.1. The first-order valence-corrected chi connectivity index (χ1v) is 11.2. The number of allylic oxidation sites excluding steroid dienone is 1. The summed E-state index contributed by atoms with van der Waals surface area (Å²) in [5, 5.41) is 22.0. The summed E-state index contributed by atoms with van der Waals surface area (Å²) in [5.74, 6) is 0.797. The van der Waals surface area contributed by atoms with Crippen molar-refractivity contribution in [2.24, 2.45) is 17.8 Å². The Labute approximate surface area is 203 Å². The highest BCUT2D eigenvalue weighted by atomic mass is 16.5. The minimum atomic E-state index is -0.156. The van der Waals surface area contributed by atoms with Gasteiger partial charge in [0.2, 0.25) is 5.88 Å². The molecule has 0 unspecified atom stereocenters. The van der Waals surface area contributed by atoms with Crippen LogP contribution >= 0.6 is 0 Å². The van der Waals surface area contributed by atoms with Crippen molar-refractivity contribution in [3.63, 3.8) is 0 Å². The number of nitrogens with one attached hydrogen (secondary N) is 1. The molecule has 0 spiro atoms.